The Morgan fingerprint density at radius 3 is 2.33 bits per heavy atom. The van der Waals surface area contributed by atoms with E-state index in [1.807, 2.05) is 6.92 Å². The van der Waals surface area contributed by atoms with Crippen molar-refractivity contribution in [3.8, 4) is 11.5 Å². The van der Waals surface area contributed by atoms with Crippen LogP contribution in [-0.2, 0) is 0 Å². The molecule has 0 amide bonds. The van der Waals surface area contributed by atoms with E-state index in [1.54, 1.807) is 36.4 Å². The second kappa shape index (κ2) is 5.91. The molecule has 94 valence electrons. The summed E-state index contributed by atoms with van der Waals surface area (Å²) in [6.07, 6.45) is 1.46. The Hall–Kier alpha value is -2.23. The van der Waals surface area contributed by atoms with Crippen LogP contribution in [0.2, 0.25) is 0 Å². The molecule has 2 aromatic rings. The molecule has 0 fully saturated rings. The molecule has 0 aliphatic carbocycles. The van der Waals surface area contributed by atoms with Crippen molar-refractivity contribution in [2.75, 3.05) is 13.2 Å². The summed E-state index contributed by atoms with van der Waals surface area (Å²) in [6, 6.07) is 10.4. The van der Waals surface area contributed by atoms with Gasteiger partial charge in [0.05, 0.1) is 12.9 Å². The zero-order valence-electron chi connectivity index (χ0n) is 10.1. The van der Waals surface area contributed by atoms with Crippen LogP contribution in [0.4, 0.5) is 0 Å². The minimum Gasteiger partial charge on any atom is -0.494 e. The van der Waals surface area contributed by atoms with Gasteiger partial charge in [-0.15, -0.1) is 0 Å². The average Bonchev–Trinajstić information content (AvgIpc) is 2.92. The Bertz CT molecular complexity index is 485. The summed E-state index contributed by atoms with van der Waals surface area (Å²) in [5.41, 5.74) is 0. The van der Waals surface area contributed by atoms with Gasteiger partial charge in [-0.2, -0.15) is 0 Å². The van der Waals surface area contributed by atoms with E-state index in [4.69, 9.17) is 13.9 Å². The highest BCUT2D eigenvalue weighted by atomic mass is 16.5. The van der Waals surface area contributed by atoms with Crippen LogP contribution in [0.15, 0.2) is 47.1 Å². The van der Waals surface area contributed by atoms with Gasteiger partial charge in [0.2, 0.25) is 5.78 Å². The van der Waals surface area contributed by atoms with Gasteiger partial charge in [0.25, 0.3) is 0 Å². The van der Waals surface area contributed by atoms with Gasteiger partial charge in [-0.25, -0.2) is 0 Å². The number of ketones is 1. The van der Waals surface area contributed by atoms with Gasteiger partial charge >= 0.3 is 0 Å². The van der Waals surface area contributed by atoms with Crippen LogP contribution in [0.25, 0.3) is 0 Å². The molecule has 0 saturated carbocycles. The summed E-state index contributed by atoms with van der Waals surface area (Å²) in [4.78, 5) is 11.6. The summed E-state index contributed by atoms with van der Waals surface area (Å²) in [7, 11) is 0. The van der Waals surface area contributed by atoms with E-state index in [9.17, 15) is 4.79 Å². The summed E-state index contributed by atoms with van der Waals surface area (Å²) < 4.78 is 15.7. The number of furan rings is 1. The van der Waals surface area contributed by atoms with E-state index >= 15 is 0 Å². The predicted molar refractivity (Wildman–Crippen MR) is 66.1 cm³/mol. The van der Waals surface area contributed by atoms with Crippen LogP contribution in [0, 0.1) is 0 Å². The Kier molecular flexibility index (Phi) is 4.02. The number of hydrogen-bond donors (Lipinski definition) is 0. The largest absolute Gasteiger partial charge is 0.494 e. The standard InChI is InChI=1S/C14H14O4/c1-2-16-11-5-7-12(8-6-11)18-10-13(15)14-4-3-9-17-14/h3-9H,2,10H2,1H3. The smallest absolute Gasteiger partial charge is 0.235 e. The first-order valence-corrected chi connectivity index (χ1v) is 5.72. The summed E-state index contributed by atoms with van der Waals surface area (Å²) in [5, 5.41) is 0. The third-order valence-corrected chi connectivity index (χ3v) is 2.30. The van der Waals surface area contributed by atoms with Crippen molar-refractivity contribution in [3.05, 3.63) is 48.4 Å². The van der Waals surface area contributed by atoms with Gasteiger partial charge in [0, 0.05) is 0 Å². The second-order valence-corrected chi connectivity index (χ2v) is 3.59. The van der Waals surface area contributed by atoms with Crippen molar-refractivity contribution in [2.45, 2.75) is 6.92 Å². The summed E-state index contributed by atoms with van der Waals surface area (Å²) in [6.45, 7) is 2.51. The topological polar surface area (TPSA) is 48.7 Å². The molecule has 0 bridgehead atoms. The molecule has 4 nitrogen and oxygen atoms in total. The lowest BCUT2D eigenvalue weighted by Crippen LogP contribution is -2.10. The normalized spacial score (nSPS) is 10.1. The average molecular weight is 246 g/mol. The number of carbonyl (C=O) groups is 1. The lowest BCUT2D eigenvalue weighted by Gasteiger charge is -2.06. The molecule has 0 spiro atoms. The molecule has 0 N–H and O–H groups in total. The highest BCUT2D eigenvalue weighted by molar-refractivity contribution is 5.94. The maximum atomic E-state index is 11.6. The fraction of sp³-hybridized carbons (Fsp3) is 0.214. The molecule has 2 rings (SSSR count). The van der Waals surface area contributed by atoms with Crippen molar-refractivity contribution >= 4 is 5.78 Å². The van der Waals surface area contributed by atoms with E-state index < -0.39 is 0 Å². The fourth-order valence-electron chi connectivity index (χ4n) is 1.46. The molecule has 0 saturated heterocycles. The van der Waals surface area contributed by atoms with Crippen molar-refractivity contribution in [3.63, 3.8) is 0 Å². The van der Waals surface area contributed by atoms with E-state index in [-0.39, 0.29) is 12.4 Å². The molecule has 0 unspecified atom stereocenters. The molecule has 18 heavy (non-hydrogen) atoms. The van der Waals surface area contributed by atoms with Gasteiger partial charge in [0.15, 0.2) is 12.4 Å². The summed E-state index contributed by atoms with van der Waals surface area (Å²) in [5.74, 6) is 1.52. The van der Waals surface area contributed by atoms with Gasteiger partial charge < -0.3 is 13.9 Å². The lowest BCUT2D eigenvalue weighted by atomic mass is 10.3. The minimum atomic E-state index is -0.186. The first-order valence-electron chi connectivity index (χ1n) is 5.72. The molecule has 1 heterocycles. The number of ether oxygens (including phenoxy) is 2. The zero-order valence-corrected chi connectivity index (χ0v) is 10.1. The lowest BCUT2D eigenvalue weighted by molar-refractivity contribution is 0.0894. The van der Waals surface area contributed by atoms with Crippen LogP contribution in [0.5, 0.6) is 11.5 Å². The Balaban J connectivity index is 1.88. The number of benzene rings is 1. The van der Waals surface area contributed by atoms with Crippen molar-refractivity contribution in [1.29, 1.82) is 0 Å². The molecule has 1 aromatic carbocycles. The van der Waals surface area contributed by atoms with Crippen molar-refractivity contribution in [1.82, 2.24) is 0 Å². The van der Waals surface area contributed by atoms with E-state index in [0.717, 1.165) is 5.75 Å². The quantitative estimate of drug-likeness (QED) is 0.735. The minimum absolute atomic E-state index is 0.0402. The Morgan fingerprint density at radius 2 is 1.78 bits per heavy atom. The number of carbonyl (C=O) groups excluding carboxylic acids is 1. The molecule has 4 heteroatoms. The SMILES string of the molecule is CCOc1ccc(OCC(=O)c2ccco2)cc1. The first kappa shape index (κ1) is 12.2. The van der Waals surface area contributed by atoms with Gasteiger partial charge in [-0.1, -0.05) is 0 Å². The van der Waals surface area contributed by atoms with Crippen molar-refractivity contribution < 1.29 is 18.7 Å². The molecule has 0 radical (unpaired) electrons. The number of hydrogen-bond acceptors (Lipinski definition) is 4. The van der Waals surface area contributed by atoms with Crippen LogP contribution < -0.4 is 9.47 Å². The van der Waals surface area contributed by atoms with E-state index in [0.29, 0.717) is 18.1 Å². The third kappa shape index (κ3) is 3.13. The molecule has 0 aliphatic heterocycles. The molecular weight excluding hydrogens is 232 g/mol. The number of rotatable bonds is 6. The van der Waals surface area contributed by atoms with Crippen molar-refractivity contribution in [2.24, 2.45) is 0 Å². The van der Waals surface area contributed by atoms with E-state index in [1.165, 1.54) is 6.26 Å². The molecule has 0 aliphatic rings. The second-order valence-electron chi connectivity index (χ2n) is 3.59. The van der Waals surface area contributed by atoms with Crippen LogP contribution in [0.3, 0.4) is 0 Å². The number of Topliss-reactive ketones (excluding diaryl/α,β-unsaturated/α-hetero) is 1. The third-order valence-electron chi connectivity index (χ3n) is 2.30. The fourth-order valence-corrected chi connectivity index (χ4v) is 1.46. The van der Waals surface area contributed by atoms with Gasteiger partial charge in [-0.3, -0.25) is 4.79 Å². The predicted octanol–water partition coefficient (Wildman–Crippen LogP) is 2.94. The highest BCUT2D eigenvalue weighted by Gasteiger charge is 2.09. The van der Waals surface area contributed by atoms with Crippen LogP contribution >= 0.6 is 0 Å². The van der Waals surface area contributed by atoms with E-state index in [2.05, 4.69) is 0 Å². The monoisotopic (exact) mass is 246 g/mol. The summed E-state index contributed by atoms with van der Waals surface area (Å²) >= 11 is 0. The highest BCUT2D eigenvalue weighted by Crippen LogP contribution is 2.17. The van der Waals surface area contributed by atoms with Crippen LogP contribution in [-0.4, -0.2) is 19.0 Å². The Morgan fingerprint density at radius 1 is 1.11 bits per heavy atom. The Labute approximate surface area is 105 Å². The van der Waals surface area contributed by atoms with Crippen LogP contribution in [0.1, 0.15) is 17.5 Å². The molecule has 0 atom stereocenters. The molecular formula is C14H14O4. The zero-order chi connectivity index (χ0) is 12.8. The van der Waals surface area contributed by atoms with Gasteiger partial charge in [-0.05, 0) is 43.3 Å². The first-order chi connectivity index (χ1) is 8.79. The maximum Gasteiger partial charge on any atom is 0.235 e. The van der Waals surface area contributed by atoms with Gasteiger partial charge in [0.1, 0.15) is 11.5 Å². The maximum absolute atomic E-state index is 11.6. The molecule has 1 aromatic heterocycles.